The van der Waals surface area contributed by atoms with Crippen LogP contribution in [0.2, 0.25) is 0 Å². The van der Waals surface area contributed by atoms with Crippen LogP contribution in [0.5, 0.6) is 0 Å². The highest BCUT2D eigenvalue weighted by Crippen LogP contribution is 2.08. The van der Waals surface area contributed by atoms with E-state index in [1.165, 1.54) is 56.6 Å². The molecule has 1 aliphatic heterocycles. The van der Waals surface area contributed by atoms with Crippen LogP contribution in [0, 0.1) is 5.82 Å². The minimum absolute atomic E-state index is 0.157. The molecule has 0 spiro atoms. The van der Waals surface area contributed by atoms with Crippen molar-refractivity contribution in [2.75, 3.05) is 26.2 Å². The van der Waals surface area contributed by atoms with Gasteiger partial charge < -0.3 is 10.2 Å². The molecular weight excluding hydrogens is 239 g/mol. The molecule has 1 heterocycles. The number of rotatable bonds is 7. The van der Waals surface area contributed by atoms with E-state index in [4.69, 9.17) is 0 Å². The largest absolute Gasteiger partial charge is 0.314 e. The van der Waals surface area contributed by atoms with Gasteiger partial charge in [0.1, 0.15) is 5.82 Å². The normalized spacial score (nSPS) is 17.8. The van der Waals surface area contributed by atoms with E-state index in [1.807, 2.05) is 12.1 Å². The Balaban J connectivity index is 1.58. The van der Waals surface area contributed by atoms with Gasteiger partial charge in [-0.25, -0.2) is 4.39 Å². The van der Waals surface area contributed by atoms with Gasteiger partial charge in [0.05, 0.1) is 0 Å². The third-order valence-electron chi connectivity index (χ3n) is 3.80. The Morgan fingerprint density at radius 1 is 1.21 bits per heavy atom. The van der Waals surface area contributed by atoms with Crippen LogP contribution in [0.3, 0.4) is 0 Å². The molecule has 1 aromatic rings. The molecule has 0 bridgehead atoms. The molecule has 1 unspecified atom stereocenters. The Hall–Kier alpha value is -0.930. The average Bonchev–Trinajstić information content (AvgIpc) is 2.91. The summed E-state index contributed by atoms with van der Waals surface area (Å²) in [7, 11) is 0. The molecular formula is C16H25FN2. The van der Waals surface area contributed by atoms with Crippen molar-refractivity contribution in [3.8, 4) is 0 Å². The van der Waals surface area contributed by atoms with Crippen molar-refractivity contribution < 1.29 is 4.39 Å². The second kappa shape index (κ2) is 7.61. The smallest absolute Gasteiger partial charge is 0.123 e. The lowest BCUT2D eigenvalue weighted by molar-refractivity contribution is 0.328. The van der Waals surface area contributed by atoms with Crippen molar-refractivity contribution in [3.05, 3.63) is 35.6 Å². The van der Waals surface area contributed by atoms with Gasteiger partial charge in [-0.2, -0.15) is 0 Å². The zero-order valence-corrected chi connectivity index (χ0v) is 11.9. The Labute approximate surface area is 116 Å². The van der Waals surface area contributed by atoms with E-state index in [9.17, 15) is 4.39 Å². The van der Waals surface area contributed by atoms with Crippen molar-refractivity contribution in [2.24, 2.45) is 0 Å². The molecule has 0 radical (unpaired) electrons. The molecule has 0 saturated carbocycles. The summed E-state index contributed by atoms with van der Waals surface area (Å²) in [6, 6.07) is 7.27. The second-order valence-corrected chi connectivity index (χ2v) is 5.59. The number of halogens is 1. The Bertz CT molecular complexity index is 358. The molecule has 1 aromatic carbocycles. The summed E-state index contributed by atoms with van der Waals surface area (Å²) in [6.07, 6.45) is 4.92. The van der Waals surface area contributed by atoms with Gasteiger partial charge in [0, 0.05) is 6.04 Å². The zero-order chi connectivity index (χ0) is 13.5. The first-order chi connectivity index (χ1) is 9.24. The summed E-state index contributed by atoms with van der Waals surface area (Å²) in [5.74, 6) is -0.157. The first-order valence-corrected chi connectivity index (χ1v) is 7.44. The molecule has 1 saturated heterocycles. The Kier molecular flexibility index (Phi) is 5.80. The maximum atomic E-state index is 12.8. The molecule has 106 valence electrons. The third-order valence-corrected chi connectivity index (χ3v) is 3.80. The lowest BCUT2D eigenvalue weighted by atomic mass is 10.1. The zero-order valence-electron chi connectivity index (χ0n) is 11.9. The van der Waals surface area contributed by atoms with Crippen LogP contribution in [0.15, 0.2) is 24.3 Å². The fourth-order valence-electron chi connectivity index (χ4n) is 2.70. The summed E-state index contributed by atoms with van der Waals surface area (Å²) in [5.41, 5.74) is 1.20. The van der Waals surface area contributed by atoms with Crippen LogP contribution in [0.25, 0.3) is 0 Å². The predicted molar refractivity (Wildman–Crippen MR) is 77.9 cm³/mol. The van der Waals surface area contributed by atoms with Crippen molar-refractivity contribution in [1.29, 1.82) is 0 Å². The highest BCUT2D eigenvalue weighted by molar-refractivity contribution is 5.16. The van der Waals surface area contributed by atoms with Gasteiger partial charge in [-0.3, -0.25) is 0 Å². The molecule has 19 heavy (non-hydrogen) atoms. The van der Waals surface area contributed by atoms with E-state index in [1.54, 1.807) is 0 Å². The summed E-state index contributed by atoms with van der Waals surface area (Å²) < 4.78 is 12.8. The molecule has 2 rings (SSSR count). The third kappa shape index (κ3) is 5.29. The molecule has 2 nitrogen and oxygen atoms in total. The molecule has 0 amide bonds. The lowest BCUT2D eigenvalue weighted by Gasteiger charge is -2.17. The second-order valence-electron chi connectivity index (χ2n) is 5.59. The van der Waals surface area contributed by atoms with E-state index in [0.29, 0.717) is 6.04 Å². The highest BCUT2D eigenvalue weighted by Gasteiger charge is 2.10. The topological polar surface area (TPSA) is 15.3 Å². The molecule has 0 aromatic heterocycles. The predicted octanol–water partition coefficient (Wildman–Crippen LogP) is 2.83. The minimum atomic E-state index is -0.157. The van der Waals surface area contributed by atoms with Gasteiger partial charge in [-0.15, -0.1) is 0 Å². The van der Waals surface area contributed by atoms with Crippen LogP contribution in [-0.4, -0.2) is 37.1 Å². The van der Waals surface area contributed by atoms with Crippen molar-refractivity contribution >= 4 is 0 Å². The number of nitrogens with one attached hydrogen (secondary N) is 1. The summed E-state index contributed by atoms with van der Waals surface area (Å²) in [4.78, 5) is 2.55. The maximum Gasteiger partial charge on any atom is 0.123 e. The molecule has 3 heteroatoms. The van der Waals surface area contributed by atoms with E-state index in [2.05, 4.69) is 17.1 Å². The van der Waals surface area contributed by atoms with Gasteiger partial charge in [0.25, 0.3) is 0 Å². The molecule has 1 atom stereocenters. The number of nitrogens with zero attached hydrogens (tertiary/aromatic N) is 1. The number of hydrogen-bond acceptors (Lipinski definition) is 2. The monoisotopic (exact) mass is 264 g/mol. The fraction of sp³-hybridized carbons (Fsp3) is 0.625. The standard InChI is InChI=1S/C16H25FN2/c1-14(13-15-5-7-16(17)8-6-15)18-9-4-12-19-10-2-3-11-19/h5-8,14,18H,2-4,9-13H2,1H3. The number of likely N-dealkylation sites (tertiary alicyclic amines) is 1. The van der Waals surface area contributed by atoms with Gasteiger partial charge in [0.15, 0.2) is 0 Å². The summed E-state index contributed by atoms with van der Waals surface area (Å²) >= 11 is 0. The van der Waals surface area contributed by atoms with Gasteiger partial charge in [-0.1, -0.05) is 12.1 Å². The molecule has 1 aliphatic rings. The van der Waals surface area contributed by atoms with Crippen LogP contribution in [0.1, 0.15) is 31.7 Å². The average molecular weight is 264 g/mol. The van der Waals surface area contributed by atoms with Gasteiger partial charge in [0.2, 0.25) is 0 Å². The van der Waals surface area contributed by atoms with Crippen LogP contribution in [0.4, 0.5) is 4.39 Å². The fourth-order valence-corrected chi connectivity index (χ4v) is 2.70. The first kappa shape index (κ1) is 14.5. The lowest BCUT2D eigenvalue weighted by Crippen LogP contribution is -2.31. The van der Waals surface area contributed by atoms with Crippen molar-refractivity contribution in [1.82, 2.24) is 10.2 Å². The molecule has 0 aliphatic carbocycles. The quantitative estimate of drug-likeness (QED) is 0.762. The van der Waals surface area contributed by atoms with Crippen LogP contribution >= 0.6 is 0 Å². The SMILES string of the molecule is CC(Cc1ccc(F)cc1)NCCCN1CCCC1. The molecule has 1 N–H and O–H groups in total. The summed E-state index contributed by atoms with van der Waals surface area (Å²) in [5, 5.41) is 3.55. The number of benzene rings is 1. The van der Waals surface area contributed by atoms with Gasteiger partial charge in [-0.05, 0) is 76.5 Å². The van der Waals surface area contributed by atoms with Gasteiger partial charge >= 0.3 is 0 Å². The maximum absolute atomic E-state index is 12.8. The number of hydrogen-bond donors (Lipinski definition) is 1. The van der Waals surface area contributed by atoms with Crippen molar-refractivity contribution in [2.45, 2.75) is 38.6 Å². The Morgan fingerprint density at radius 3 is 2.58 bits per heavy atom. The van der Waals surface area contributed by atoms with E-state index >= 15 is 0 Å². The van der Waals surface area contributed by atoms with Crippen LogP contribution < -0.4 is 5.32 Å². The first-order valence-electron chi connectivity index (χ1n) is 7.44. The Morgan fingerprint density at radius 2 is 1.89 bits per heavy atom. The van der Waals surface area contributed by atoms with E-state index in [0.717, 1.165) is 13.0 Å². The van der Waals surface area contributed by atoms with Crippen molar-refractivity contribution in [3.63, 3.8) is 0 Å². The van der Waals surface area contributed by atoms with E-state index < -0.39 is 0 Å². The highest BCUT2D eigenvalue weighted by atomic mass is 19.1. The van der Waals surface area contributed by atoms with Crippen LogP contribution in [-0.2, 0) is 6.42 Å². The minimum Gasteiger partial charge on any atom is -0.314 e. The summed E-state index contributed by atoms with van der Waals surface area (Å²) in [6.45, 7) is 7.05. The van der Waals surface area contributed by atoms with E-state index in [-0.39, 0.29) is 5.82 Å². The molecule has 1 fully saturated rings.